The van der Waals surface area contributed by atoms with Crippen LogP contribution in [-0.4, -0.2) is 43.7 Å². The quantitative estimate of drug-likeness (QED) is 0.336. The highest BCUT2D eigenvalue weighted by Crippen LogP contribution is 2.15. The number of nitrogens with one attached hydrogen (secondary N) is 2. The van der Waals surface area contributed by atoms with Gasteiger partial charge >= 0.3 is 0 Å². The topological polar surface area (TPSA) is 48.9 Å². The summed E-state index contributed by atoms with van der Waals surface area (Å²) >= 11 is 1.82. The van der Waals surface area contributed by atoms with Gasteiger partial charge in [0, 0.05) is 35.9 Å². The van der Waals surface area contributed by atoms with Gasteiger partial charge in [0.25, 0.3) is 0 Å². The molecule has 0 amide bonds. The van der Waals surface area contributed by atoms with Crippen molar-refractivity contribution in [1.29, 1.82) is 0 Å². The third kappa shape index (κ3) is 7.35. The summed E-state index contributed by atoms with van der Waals surface area (Å²) in [6.07, 6.45) is 0. The first-order valence-corrected chi connectivity index (χ1v) is 10.5. The molecule has 2 heterocycles. The van der Waals surface area contributed by atoms with Gasteiger partial charge in [-0.25, -0.2) is 4.99 Å². The monoisotopic (exact) mass is 514 g/mol. The van der Waals surface area contributed by atoms with E-state index in [4.69, 9.17) is 9.73 Å². The van der Waals surface area contributed by atoms with Crippen molar-refractivity contribution in [2.24, 2.45) is 4.99 Å². The van der Waals surface area contributed by atoms with Gasteiger partial charge in [0.05, 0.1) is 26.3 Å². The fourth-order valence-corrected chi connectivity index (χ4v) is 3.95. The van der Waals surface area contributed by atoms with Gasteiger partial charge in [0.2, 0.25) is 0 Å². The van der Waals surface area contributed by atoms with Gasteiger partial charge in [-0.3, -0.25) is 4.90 Å². The van der Waals surface area contributed by atoms with Gasteiger partial charge in [-0.2, -0.15) is 0 Å². The molecule has 2 aromatic rings. The zero-order valence-electron chi connectivity index (χ0n) is 16.7. The van der Waals surface area contributed by atoms with E-state index in [1.54, 1.807) is 0 Å². The van der Waals surface area contributed by atoms with Gasteiger partial charge < -0.3 is 15.4 Å². The van der Waals surface area contributed by atoms with Crippen LogP contribution in [0.15, 0.2) is 41.4 Å². The maximum atomic E-state index is 5.46. The number of nitrogens with zero attached hydrogens (tertiary/aromatic N) is 2. The van der Waals surface area contributed by atoms with Crippen LogP contribution in [0.1, 0.15) is 27.8 Å². The van der Waals surface area contributed by atoms with E-state index in [2.05, 4.69) is 65.8 Å². The molecule has 5 nitrogen and oxygen atoms in total. The van der Waals surface area contributed by atoms with Crippen LogP contribution in [0.5, 0.6) is 0 Å². The number of halogens is 1. The Labute approximate surface area is 189 Å². The second kappa shape index (κ2) is 12.4. The second-order valence-corrected chi connectivity index (χ2v) is 8.09. The minimum Gasteiger partial charge on any atom is -0.379 e. The molecule has 0 atom stereocenters. The van der Waals surface area contributed by atoms with E-state index >= 15 is 0 Å². The Hall–Kier alpha value is -1.16. The van der Waals surface area contributed by atoms with Gasteiger partial charge in [0.15, 0.2) is 5.96 Å². The Kier molecular flexibility index (Phi) is 10.3. The SMILES string of the molecule is CCNC(=NCc1ccccc1CN1CCOCC1)NCc1ccc(C)s1.I. The van der Waals surface area contributed by atoms with Crippen LogP contribution in [0, 0.1) is 6.92 Å². The van der Waals surface area contributed by atoms with E-state index < -0.39 is 0 Å². The molecule has 154 valence electrons. The van der Waals surface area contributed by atoms with Crippen LogP contribution in [0.3, 0.4) is 0 Å². The normalized spacial score (nSPS) is 15.1. The minimum atomic E-state index is 0. The molecule has 0 radical (unpaired) electrons. The highest BCUT2D eigenvalue weighted by atomic mass is 127. The third-order valence-corrected chi connectivity index (χ3v) is 5.59. The standard InChI is InChI=1S/C21H30N4OS.HI/c1-3-22-21(24-15-20-9-8-17(2)27-20)23-14-18-6-4-5-7-19(18)16-25-10-12-26-13-11-25;/h4-9H,3,10-16H2,1-2H3,(H2,22,23,24);1H. The predicted octanol–water partition coefficient (Wildman–Crippen LogP) is 3.76. The molecule has 2 N–H and O–H groups in total. The van der Waals surface area contributed by atoms with Gasteiger partial charge in [-0.15, -0.1) is 35.3 Å². The maximum absolute atomic E-state index is 5.46. The van der Waals surface area contributed by atoms with Crippen LogP contribution >= 0.6 is 35.3 Å². The van der Waals surface area contributed by atoms with E-state index in [-0.39, 0.29) is 24.0 Å². The van der Waals surface area contributed by atoms with Crippen molar-refractivity contribution in [3.63, 3.8) is 0 Å². The fraction of sp³-hybridized carbons (Fsp3) is 0.476. The molecule has 28 heavy (non-hydrogen) atoms. The summed E-state index contributed by atoms with van der Waals surface area (Å²) in [6, 6.07) is 13.0. The number of morpholine rings is 1. The van der Waals surface area contributed by atoms with Gasteiger partial charge in [-0.05, 0) is 37.1 Å². The number of thiophene rings is 1. The van der Waals surface area contributed by atoms with E-state index in [1.165, 1.54) is 20.9 Å². The largest absolute Gasteiger partial charge is 0.379 e. The molecule has 0 saturated carbocycles. The molecule has 0 unspecified atom stereocenters. The maximum Gasteiger partial charge on any atom is 0.191 e. The van der Waals surface area contributed by atoms with Crippen molar-refractivity contribution in [1.82, 2.24) is 15.5 Å². The van der Waals surface area contributed by atoms with E-state index in [9.17, 15) is 0 Å². The lowest BCUT2D eigenvalue weighted by molar-refractivity contribution is 0.0341. The predicted molar refractivity (Wildman–Crippen MR) is 129 cm³/mol. The van der Waals surface area contributed by atoms with Crippen molar-refractivity contribution in [3.8, 4) is 0 Å². The summed E-state index contributed by atoms with van der Waals surface area (Å²) in [6.45, 7) is 11.2. The summed E-state index contributed by atoms with van der Waals surface area (Å²) in [5, 5.41) is 6.79. The number of ether oxygens (including phenoxy) is 1. The molecule has 1 aliphatic rings. The van der Waals surface area contributed by atoms with Crippen LogP contribution in [-0.2, 0) is 24.4 Å². The Balaban J connectivity index is 0.00000280. The Morgan fingerprint density at radius 1 is 1.11 bits per heavy atom. The Bertz CT molecular complexity index is 744. The lowest BCUT2D eigenvalue weighted by Gasteiger charge is -2.27. The molecule has 0 bridgehead atoms. The van der Waals surface area contributed by atoms with Crippen LogP contribution in [0.4, 0.5) is 0 Å². The molecule has 1 aromatic carbocycles. The number of benzene rings is 1. The molecule has 1 saturated heterocycles. The summed E-state index contributed by atoms with van der Waals surface area (Å²) < 4.78 is 5.46. The molecule has 0 spiro atoms. The zero-order valence-corrected chi connectivity index (χ0v) is 19.9. The van der Waals surface area contributed by atoms with E-state index in [0.29, 0.717) is 6.54 Å². The first kappa shape index (κ1) is 23.1. The number of hydrogen-bond acceptors (Lipinski definition) is 4. The zero-order chi connectivity index (χ0) is 18.9. The second-order valence-electron chi connectivity index (χ2n) is 6.72. The van der Waals surface area contributed by atoms with Gasteiger partial charge in [-0.1, -0.05) is 24.3 Å². The summed E-state index contributed by atoms with van der Waals surface area (Å²) in [7, 11) is 0. The number of aliphatic imine (C=N–C) groups is 1. The molecule has 7 heteroatoms. The first-order chi connectivity index (χ1) is 13.2. The van der Waals surface area contributed by atoms with Gasteiger partial charge in [0.1, 0.15) is 0 Å². The third-order valence-electron chi connectivity index (χ3n) is 4.59. The molecule has 0 aliphatic carbocycles. The number of aryl methyl sites for hydroxylation is 1. The average Bonchev–Trinajstić information content (AvgIpc) is 3.11. The van der Waals surface area contributed by atoms with Crippen LogP contribution < -0.4 is 10.6 Å². The average molecular weight is 514 g/mol. The molecule has 1 aliphatic heterocycles. The fourth-order valence-electron chi connectivity index (χ4n) is 3.12. The lowest BCUT2D eigenvalue weighted by atomic mass is 10.1. The Morgan fingerprint density at radius 3 is 2.54 bits per heavy atom. The van der Waals surface area contributed by atoms with Crippen LogP contribution in [0.25, 0.3) is 0 Å². The minimum absolute atomic E-state index is 0. The molecule has 1 fully saturated rings. The molecular weight excluding hydrogens is 483 g/mol. The number of guanidine groups is 1. The molecule has 1 aromatic heterocycles. The highest BCUT2D eigenvalue weighted by Gasteiger charge is 2.12. The van der Waals surface area contributed by atoms with Crippen molar-refractivity contribution >= 4 is 41.3 Å². The van der Waals surface area contributed by atoms with Crippen molar-refractivity contribution in [2.45, 2.75) is 33.5 Å². The lowest BCUT2D eigenvalue weighted by Crippen LogP contribution is -2.37. The summed E-state index contributed by atoms with van der Waals surface area (Å²) in [5.41, 5.74) is 2.64. The van der Waals surface area contributed by atoms with Crippen molar-refractivity contribution in [3.05, 3.63) is 57.3 Å². The highest BCUT2D eigenvalue weighted by molar-refractivity contribution is 14.0. The van der Waals surface area contributed by atoms with E-state index in [0.717, 1.165) is 51.9 Å². The van der Waals surface area contributed by atoms with Crippen LogP contribution in [0.2, 0.25) is 0 Å². The van der Waals surface area contributed by atoms with E-state index in [1.807, 2.05) is 11.3 Å². The summed E-state index contributed by atoms with van der Waals surface area (Å²) in [4.78, 5) is 9.93. The number of hydrogen-bond donors (Lipinski definition) is 2. The smallest absolute Gasteiger partial charge is 0.191 e. The van der Waals surface area contributed by atoms with Crippen molar-refractivity contribution < 1.29 is 4.74 Å². The molecule has 3 rings (SSSR count). The Morgan fingerprint density at radius 2 is 1.86 bits per heavy atom. The van der Waals surface area contributed by atoms with Crippen molar-refractivity contribution in [2.75, 3.05) is 32.8 Å². The number of rotatable bonds is 7. The first-order valence-electron chi connectivity index (χ1n) is 9.69. The summed E-state index contributed by atoms with van der Waals surface area (Å²) in [5.74, 6) is 0.865. The molecular formula is C21H31IN4OS.